The first kappa shape index (κ1) is 8.12. The second-order valence-corrected chi connectivity index (χ2v) is 3.42. The highest BCUT2D eigenvalue weighted by Crippen LogP contribution is 2.19. The van der Waals surface area contributed by atoms with Crippen molar-refractivity contribution in [3.8, 4) is 0 Å². The monoisotopic (exact) mass is 193 g/mol. The number of nitrogens with zero attached hydrogens (tertiary/aromatic N) is 2. The van der Waals surface area contributed by atoms with Gasteiger partial charge in [-0.25, -0.2) is 0 Å². The standard InChI is InChI=1S/C8H7N3OS/c1-5(12)9-6-2-3-7-8(4-6)13-11-10-7/h2-4H,1H3,(H,9,12). The van der Waals surface area contributed by atoms with Crippen LogP contribution in [0.1, 0.15) is 6.92 Å². The fraction of sp³-hybridized carbons (Fsp3) is 0.125. The molecule has 5 heteroatoms. The van der Waals surface area contributed by atoms with Crippen molar-refractivity contribution in [1.82, 2.24) is 9.59 Å². The fourth-order valence-electron chi connectivity index (χ4n) is 1.06. The second-order valence-electron chi connectivity index (χ2n) is 2.64. The molecule has 0 radical (unpaired) electrons. The number of fused-ring (bicyclic) bond motifs is 1. The quantitative estimate of drug-likeness (QED) is 0.749. The van der Waals surface area contributed by atoms with E-state index in [-0.39, 0.29) is 5.91 Å². The molecule has 1 heterocycles. The van der Waals surface area contributed by atoms with E-state index in [9.17, 15) is 4.79 Å². The highest BCUT2D eigenvalue weighted by Gasteiger charge is 2.00. The molecule has 0 saturated heterocycles. The number of nitrogens with one attached hydrogen (secondary N) is 1. The topological polar surface area (TPSA) is 54.9 Å². The van der Waals surface area contributed by atoms with Crippen molar-refractivity contribution in [2.75, 3.05) is 5.32 Å². The summed E-state index contributed by atoms with van der Waals surface area (Å²) >= 11 is 1.32. The maximum atomic E-state index is 10.7. The first-order chi connectivity index (χ1) is 6.25. The lowest BCUT2D eigenvalue weighted by molar-refractivity contribution is -0.114. The third-order valence-corrected chi connectivity index (χ3v) is 2.25. The van der Waals surface area contributed by atoms with Crippen LogP contribution in [0.4, 0.5) is 5.69 Å². The molecule has 1 amide bonds. The molecule has 0 aliphatic heterocycles. The zero-order valence-corrected chi connectivity index (χ0v) is 7.76. The van der Waals surface area contributed by atoms with E-state index in [2.05, 4.69) is 14.9 Å². The lowest BCUT2D eigenvalue weighted by atomic mass is 10.3. The normalized spacial score (nSPS) is 10.2. The minimum Gasteiger partial charge on any atom is -0.326 e. The summed E-state index contributed by atoms with van der Waals surface area (Å²) in [5, 5.41) is 6.59. The molecule has 0 spiro atoms. The van der Waals surface area contributed by atoms with Crippen LogP contribution in [0.5, 0.6) is 0 Å². The van der Waals surface area contributed by atoms with Gasteiger partial charge in [-0.1, -0.05) is 4.49 Å². The Labute approximate surface area is 78.7 Å². The Hall–Kier alpha value is -1.49. The highest BCUT2D eigenvalue weighted by atomic mass is 32.1. The number of aromatic nitrogens is 2. The van der Waals surface area contributed by atoms with Gasteiger partial charge in [-0.3, -0.25) is 4.79 Å². The number of hydrogen-bond acceptors (Lipinski definition) is 4. The molecule has 66 valence electrons. The van der Waals surface area contributed by atoms with Gasteiger partial charge in [-0.15, -0.1) is 5.10 Å². The molecule has 1 aromatic carbocycles. The van der Waals surface area contributed by atoms with Crippen molar-refractivity contribution < 1.29 is 4.79 Å². The van der Waals surface area contributed by atoms with E-state index in [1.807, 2.05) is 18.2 Å². The zero-order chi connectivity index (χ0) is 9.26. The Morgan fingerprint density at radius 2 is 2.38 bits per heavy atom. The number of carbonyl (C=O) groups excluding carboxylic acids is 1. The Kier molecular flexibility index (Phi) is 1.94. The summed E-state index contributed by atoms with van der Waals surface area (Å²) < 4.78 is 4.78. The SMILES string of the molecule is CC(=O)Nc1ccc2nnsc2c1. The minimum absolute atomic E-state index is 0.0724. The van der Waals surface area contributed by atoms with Gasteiger partial charge in [-0.05, 0) is 29.7 Å². The lowest BCUT2D eigenvalue weighted by Crippen LogP contribution is -2.05. The minimum atomic E-state index is -0.0724. The molecule has 0 saturated carbocycles. The predicted molar refractivity (Wildman–Crippen MR) is 51.7 cm³/mol. The van der Waals surface area contributed by atoms with E-state index in [0.717, 1.165) is 15.9 Å². The first-order valence-electron chi connectivity index (χ1n) is 3.75. The van der Waals surface area contributed by atoms with Crippen molar-refractivity contribution in [1.29, 1.82) is 0 Å². The molecule has 0 aliphatic rings. The van der Waals surface area contributed by atoms with Gasteiger partial charge in [0.15, 0.2) is 0 Å². The summed E-state index contributed by atoms with van der Waals surface area (Å²) in [5.74, 6) is -0.0724. The van der Waals surface area contributed by atoms with E-state index in [4.69, 9.17) is 0 Å². The number of carbonyl (C=O) groups is 1. The van der Waals surface area contributed by atoms with Gasteiger partial charge in [0, 0.05) is 12.6 Å². The van der Waals surface area contributed by atoms with Crippen molar-refractivity contribution >= 4 is 33.3 Å². The summed E-state index contributed by atoms with van der Waals surface area (Å²) in [5.41, 5.74) is 1.64. The van der Waals surface area contributed by atoms with E-state index in [1.54, 1.807) is 0 Å². The summed E-state index contributed by atoms with van der Waals surface area (Å²) in [6.45, 7) is 1.48. The largest absolute Gasteiger partial charge is 0.326 e. The second kappa shape index (κ2) is 3.10. The molecule has 0 aliphatic carbocycles. The third kappa shape index (κ3) is 1.65. The van der Waals surface area contributed by atoms with E-state index in [1.165, 1.54) is 18.5 Å². The van der Waals surface area contributed by atoms with E-state index in [0.29, 0.717) is 0 Å². The number of rotatable bonds is 1. The Balaban J connectivity index is 2.42. The molecule has 1 N–H and O–H groups in total. The molecule has 1 aromatic heterocycles. The van der Waals surface area contributed by atoms with Gasteiger partial charge < -0.3 is 5.32 Å². The predicted octanol–water partition coefficient (Wildman–Crippen LogP) is 1.65. The van der Waals surface area contributed by atoms with Crippen LogP contribution in [-0.4, -0.2) is 15.5 Å². The number of hydrogen-bond donors (Lipinski definition) is 1. The van der Waals surface area contributed by atoms with Crippen molar-refractivity contribution in [3.63, 3.8) is 0 Å². The fourth-order valence-corrected chi connectivity index (χ4v) is 1.66. The number of amides is 1. The van der Waals surface area contributed by atoms with Gasteiger partial charge in [0.25, 0.3) is 0 Å². The van der Waals surface area contributed by atoms with Gasteiger partial charge >= 0.3 is 0 Å². The maximum Gasteiger partial charge on any atom is 0.221 e. The third-order valence-electron chi connectivity index (χ3n) is 1.57. The Bertz CT molecular complexity index is 451. The van der Waals surface area contributed by atoms with Crippen LogP contribution in [0.25, 0.3) is 10.2 Å². The van der Waals surface area contributed by atoms with Crippen LogP contribution in [-0.2, 0) is 4.79 Å². The molecule has 4 nitrogen and oxygen atoms in total. The van der Waals surface area contributed by atoms with Crippen molar-refractivity contribution in [3.05, 3.63) is 18.2 Å². The zero-order valence-electron chi connectivity index (χ0n) is 6.94. The van der Waals surface area contributed by atoms with Crippen LogP contribution in [0, 0.1) is 0 Å². The highest BCUT2D eigenvalue weighted by molar-refractivity contribution is 7.12. The average molecular weight is 193 g/mol. The smallest absolute Gasteiger partial charge is 0.221 e. The summed E-state index contributed by atoms with van der Waals surface area (Å²) in [6.07, 6.45) is 0. The summed E-state index contributed by atoms with van der Waals surface area (Å²) in [4.78, 5) is 10.7. The molecule has 0 atom stereocenters. The summed E-state index contributed by atoms with van der Waals surface area (Å²) in [6, 6.07) is 5.51. The van der Waals surface area contributed by atoms with Gasteiger partial charge in [0.2, 0.25) is 5.91 Å². The van der Waals surface area contributed by atoms with Gasteiger partial charge in [0.1, 0.15) is 5.52 Å². The maximum absolute atomic E-state index is 10.7. The van der Waals surface area contributed by atoms with Gasteiger partial charge in [0.05, 0.1) is 4.70 Å². The first-order valence-corrected chi connectivity index (χ1v) is 4.53. The van der Waals surface area contributed by atoms with E-state index < -0.39 is 0 Å². The van der Waals surface area contributed by atoms with Crippen molar-refractivity contribution in [2.45, 2.75) is 6.92 Å². The Morgan fingerprint density at radius 1 is 1.54 bits per heavy atom. The molecule has 0 bridgehead atoms. The molecule has 0 unspecified atom stereocenters. The van der Waals surface area contributed by atoms with Crippen LogP contribution in [0.3, 0.4) is 0 Å². The number of benzene rings is 1. The Morgan fingerprint density at radius 3 is 3.15 bits per heavy atom. The van der Waals surface area contributed by atoms with E-state index >= 15 is 0 Å². The average Bonchev–Trinajstić information content (AvgIpc) is 2.49. The molecular formula is C8H7N3OS. The van der Waals surface area contributed by atoms with Gasteiger partial charge in [-0.2, -0.15) is 0 Å². The lowest BCUT2D eigenvalue weighted by Gasteiger charge is -1.99. The van der Waals surface area contributed by atoms with Crippen LogP contribution in [0.15, 0.2) is 18.2 Å². The van der Waals surface area contributed by atoms with Crippen LogP contribution < -0.4 is 5.32 Å². The molecule has 2 rings (SSSR count). The van der Waals surface area contributed by atoms with Crippen molar-refractivity contribution in [2.24, 2.45) is 0 Å². The number of anilines is 1. The van der Waals surface area contributed by atoms with Crippen LogP contribution in [0.2, 0.25) is 0 Å². The molecule has 0 fully saturated rings. The molecular weight excluding hydrogens is 186 g/mol. The summed E-state index contributed by atoms with van der Waals surface area (Å²) in [7, 11) is 0. The molecule has 2 aromatic rings. The molecule has 13 heavy (non-hydrogen) atoms. The van der Waals surface area contributed by atoms with Crippen LogP contribution >= 0.6 is 11.5 Å².